The van der Waals surface area contributed by atoms with E-state index in [1.165, 1.54) is 23.5 Å². The molecule has 2 heterocycles. The molecule has 0 saturated carbocycles. The van der Waals surface area contributed by atoms with Gasteiger partial charge in [-0.05, 0) is 37.1 Å². The van der Waals surface area contributed by atoms with Gasteiger partial charge in [-0.2, -0.15) is 8.78 Å². The first-order valence-electron chi connectivity index (χ1n) is 8.12. The highest BCUT2D eigenvalue weighted by Gasteiger charge is 2.39. The number of carbonyl (C=O) groups is 1. The summed E-state index contributed by atoms with van der Waals surface area (Å²) >= 11 is 1.29. The van der Waals surface area contributed by atoms with Crippen molar-refractivity contribution in [3.8, 4) is 17.0 Å². The van der Waals surface area contributed by atoms with Crippen LogP contribution in [0.1, 0.15) is 12.8 Å². The quantitative estimate of drug-likeness (QED) is 0.748. The summed E-state index contributed by atoms with van der Waals surface area (Å²) in [5, 5.41) is 5.10. The number of nitrogens with zero attached hydrogens (tertiary/aromatic N) is 1. The van der Waals surface area contributed by atoms with Crippen molar-refractivity contribution in [2.75, 3.05) is 25.1 Å². The molecule has 1 fully saturated rings. The molecule has 1 amide bonds. The van der Waals surface area contributed by atoms with Crippen LogP contribution in [0.5, 0.6) is 5.75 Å². The number of rotatable bonds is 6. The molecule has 148 valence electrons. The zero-order valence-electron chi connectivity index (χ0n) is 14.3. The van der Waals surface area contributed by atoms with Crippen molar-refractivity contribution < 1.29 is 23.0 Å². The number of amides is 1. The van der Waals surface area contributed by atoms with Crippen molar-refractivity contribution in [1.82, 2.24) is 4.98 Å². The van der Waals surface area contributed by atoms with Crippen molar-refractivity contribution in [3.05, 3.63) is 29.6 Å². The molecule has 1 aromatic carbocycles. The van der Waals surface area contributed by atoms with Gasteiger partial charge in [-0.3, -0.25) is 4.79 Å². The molecule has 1 aliphatic heterocycles. The maximum absolute atomic E-state index is 12.6. The van der Waals surface area contributed by atoms with E-state index in [1.807, 2.05) is 0 Å². The highest BCUT2D eigenvalue weighted by Crippen LogP contribution is 2.32. The third-order valence-electron chi connectivity index (χ3n) is 4.42. The molecule has 1 saturated heterocycles. The van der Waals surface area contributed by atoms with Gasteiger partial charge in [0.05, 0.1) is 11.1 Å². The summed E-state index contributed by atoms with van der Waals surface area (Å²) in [7, 11) is 0. The summed E-state index contributed by atoms with van der Waals surface area (Å²) in [6, 6.07) is 6.17. The van der Waals surface area contributed by atoms with E-state index in [1.54, 1.807) is 17.5 Å². The number of benzene rings is 1. The van der Waals surface area contributed by atoms with E-state index in [4.69, 9.17) is 10.5 Å². The lowest BCUT2D eigenvalue weighted by Crippen LogP contribution is -2.46. The number of ether oxygens (including phenoxy) is 2. The zero-order chi connectivity index (χ0) is 18.6. The molecule has 0 spiro atoms. The average Bonchev–Trinajstić information content (AvgIpc) is 3.11. The molecule has 6 nitrogen and oxygen atoms in total. The fraction of sp³-hybridized carbons (Fsp3) is 0.412. The second-order valence-corrected chi connectivity index (χ2v) is 6.85. The third-order valence-corrected chi connectivity index (χ3v) is 5.18. The van der Waals surface area contributed by atoms with Crippen LogP contribution < -0.4 is 15.8 Å². The first-order chi connectivity index (χ1) is 12.5. The second-order valence-electron chi connectivity index (χ2n) is 5.99. The monoisotopic (exact) mass is 419 g/mol. The van der Waals surface area contributed by atoms with Gasteiger partial charge in [0.25, 0.3) is 0 Å². The Kier molecular flexibility index (Phi) is 7.49. The molecule has 0 bridgehead atoms. The van der Waals surface area contributed by atoms with E-state index >= 15 is 0 Å². The Morgan fingerprint density at radius 3 is 2.59 bits per heavy atom. The Balaban J connectivity index is 0.00000261. The lowest BCUT2D eigenvalue weighted by atomic mass is 9.79. The highest BCUT2D eigenvalue weighted by atomic mass is 35.5. The van der Waals surface area contributed by atoms with Crippen LogP contribution in [0.25, 0.3) is 11.3 Å². The van der Waals surface area contributed by atoms with Gasteiger partial charge in [-0.15, -0.1) is 23.7 Å². The molecule has 3 N–H and O–H groups in total. The molecule has 3 rings (SSSR count). The molecule has 27 heavy (non-hydrogen) atoms. The molecule has 2 aromatic rings. The Bertz CT molecular complexity index is 752. The van der Waals surface area contributed by atoms with Crippen molar-refractivity contribution in [1.29, 1.82) is 0 Å². The smallest absolute Gasteiger partial charge is 0.387 e. The van der Waals surface area contributed by atoms with Crippen LogP contribution >= 0.6 is 23.7 Å². The Morgan fingerprint density at radius 1 is 1.33 bits per heavy atom. The third kappa shape index (κ3) is 5.13. The number of thiazole rings is 1. The van der Waals surface area contributed by atoms with Crippen LogP contribution in [0.3, 0.4) is 0 Å². The number of hydrogen-bond donors (Lipinski definition) is 2. The predicted molar refractivity (Wildman–Crippen MR) is 102 cm³/mol. The number of carbonyl (C=O) groups excluding carboxylic acids is 1. The Hall–Kier alpha value is -1.81. The SMILES string of the molecule is Cl.NCC1(C(=O)Nc2nc(-c3ccc(OC(F)F)cc3)cs2)CCOCC1. The largest absolute Gasteiger partial charge is 0.435 e. The average molecular weight is 420 g/mol. The van der Waals surface area contributed by atoms with Gasteiger partial charge in [0.1, 0.15) is 5.75 Å². The van der Waals surface area contributed by atoms with Crippen LogP contribution in [0.15, 0.2) is 29.6 Å². The summed E-state index contributed by atoms with van der Waals surface area (Å²) < 4.78 is 34.0. The van der Waals surface area contributed by atoms with E-state index in [0.717, 1.165) is 5.56 Å². The summed E-state index contributed by atoms with van der Waals surface area (Å²) in [4.78, 5) is 17.0. The molecule has 10 heteroatoms. The minimum atomic E-state index is -2.86. The van der Waals surface area contributed by atoms with Gasteiger partial charge in [0.2, 0.25) is 5.91 Å². The number of nitrogens with one attached hydrogen (secondary N) is 1. The summed E-state index contributed by atoms with van der Waals surface area (Å²) in [6.07, 6.45) is 1.17. The first-order valence-corrected chi connectivity index (χ1v) is 9.00. The molecular formula is C17H20ClF2N3O3S. The number of nitrogens with two attached hydrogens (primary N) is 1. The normalized spacial score (nSPS) is 15.9. The Labute approximate surface area is 165 Å². The van der Waals surface area contributed by atoms with Crippen LogP contribution in [0.4, 0.5) is 13.9 Å². The topological polar surface area (TPSA) is 86.5 Å². The Morgan fingerprint density at radius 2 is 2.00 bits per heavy atom. The lowest BCUT2D eigenvalue weighted by Gasteiger charge is -2.34. The fourth-order valence-electron chi connectivity index (χ4n) is 2.79. The summed E-state index contributed by atoms with van der Waals surface area (Å²) in [5.41, 5.74) is 6.59. The van der Waals surface area contributed by atoms with Crippen LogP contribution in [0, 0.1) is 5.41 Å². The summed E-state index contributed by atoms with van der Waals surface area (Å²) in [5.74, 6) is -0.0678. The fourth-order valence-corrected chi connectivity index (χ4v) is 3.50. The van der Waals surface area contributed by atoms with Crippen LogP contribution in [-0.4, -0.2) is 37.3 Å². The van der Waals surface area contributed by atoms with Gasteiger partial charge < -0.3 is 20.5 Å². The van der Waals surface area contributed by atoms with E-state index < -0.39 is 12.0 Å². The van der Waals surface area contributed by atoms with E-state index in [0.29, 0.717) is 36.9 Å². The van der Waals surface area contributed by atoms with Crippen LogP contribution in [0.2, 0.25) is 0 Å². The van der Waals surface area contributed by atoms with Crippen molar-refractivity contribution >= 4 is 34.8 Å². The van der Waals surface area contributed by atoms with Gasteiger partial charge >= 0.3 is 6.61 Å². The predicted octanol–water partition coefficient (Wildman–Crippen LogP) is 3.53. The van der Waals surface area contributed by atoms with E-state index in [-0.39, 0.29) is 30.6 Å². The maximum Gasteiger partial charge on any atom is 0.387 e. The van der Waals surface area contributed by atoms with Gasteiger partial charge in [0.15, 0.2) is 5.13 Å². The van der Waals surface area contributed by atoms with Gasteiger partial charge in [-0.1, -0.05) is 0 Å². The standard InChI is InChI=1S/C17H19F2N3O3S.ClH/c18-15(19)25-12-3-1-11(2-4-12)13-9-26-16(21-13)22-14(23)17(10-20)5-7-24-8-6-17;/h1-4,9,15H,5-8,10,20H2,(H,21,22,23);1H. The molecule has 0 unspecified atom stereocenters. The number of aromatic nitrogens is 1. The number of halogens is 3. The zero-order valence-corrected chi connectivity index (χ0v) is 16.0. The van der Waals surface area contributed by atoms with Crippen molar-refractivity contribution in [2.45, 2.75) is 19.5 Å². The van der Waals surface area contributed by atoms with Gasteiger partial charge in [0, 0.05) is 30.7 Å². The molecule has 1 aromatic heterocycles. The van der Waals surface area contributed by atoms with E-state index in [2.05, 4.69) is 15.0 Å². The molecular weight excluding hydrogens is 400 g/mol. The second kappa shape index (κ2) is 9.41. The minimum absolute atomic E-state index is 0. The molecule has 0 atom stereocenters. The van der Waals surface area contributed by atoms with Crippen molar-refractivity contribution in [3.63, 3.8) is 0 Å². The maximum atomic E-state index is 12.6. The van der Waals surface area contributed by atoms with Crippen molar-refractivity contribution in [2.24, 2.45) is 11.1 Å². The van der Waals surface area contributed by atoms with Gasteiger partial charge in [-0.25, -0.2) is 4.98 Å². The number of anilines is 1. The minimum Gasteiger partial charge on any atom is -0.435 e. The molecule has 0 aliphatic carbocycles. The van der Waals surface area contributed by atoms with Crippen LogP contribution in [-0.2, 0) is 9.53 Å². The number of alkyl halides is 2. The van der Waals surface area contributed by atoms with E-state index in [9.17, 15) is 13.6 Å². The highest BCUT2D eigenvalue weighted by molar-refractivity contribution is 7.14. The lowest BCUT2D eigenvalue weighted by molar-refractivity contribution is -0.130. The molecule has 1 aliphatic rings. The summed E-state index contributed by atoms with van der Waals surface area (Å²) in [6.45, 7) is -1.57. The molecule has 0 radical (unpaired) electrons. The first kappa shape index (κ1) is 21.5. The number of hydrogen-bond acceptors (Lipinski definition) is 6.